The maximum absolute atomic E-state index is 6.20. The lowest BCUT2D eigenvalue weighted by Crippen LogP contribution is -1.95. The maximum Gasteiger partial charge on any atom is 0.146 e. The molecule has 0 saturated carbocycles. The van der Waals surface area contributed by atoms with Crippen LogP contribution in [0, 0.1) is 0 Å². The molecular weight excluding hydrogens is 228 g/mol. The van der Waals surface area contributed by atoms with Gasteiger partial charge in [-0.3, -0.25) is 0 Å². The summed E-state index contributed by atoms with van der Waals surface area (Å²) in [6, 6.07) is 3.66. The number of ether oxygens (including phenoxy) is 2. The number of rotatable bonds is 3. The molecule has 1 aromatic heterocycles. The van der Waals surface area contributed by atoms with Gasteiger partial charge in [0.25, 0.3) is 0 Å². The number of H-pyrrole nitrogens is 1. The Bertz CT molecular complexity index is 522. The van der Waals surface area contributed by atoms with Crippen molar-refractivity contribution in [2.75, 3.05) is 14.2 Å². The van der Waals surface area contributed by atoms with Crippen molar-refractivity contribution in [3.8, 4) is 11.5 Å². The van der Waals surface area contributed by atoms with Gasteiger partial charge in [0.15, 0.2) is 0 Å². The molecular formula is C11H13ClN2O2. The van der Waals surface area contributed by atoms with Gasteiger partial charge in [-0.25, -0.2) is 0 Å². The van der Waals surface area contributed by atoms with Gasteiger partial charge in [0.2, 0.25) is 0 Å². The zero-order valence-electron chi connectivity index (χ0n) is 9.13. The van der Waals surface area contributed by atoms with Crippen molar-refractivity contribution >= 4 is 22.5 Å². The third kappa shape index (κ3) is 1.60. The molecule has 1 heterocycles. The summed E-state index contributed by atoms with van der Waals surface area (Å²) in [6.07, 6.45) is 0. The van der Waals surface area contributed by atoms with Crippen molar-refractivity contribution in [1.29, 1.82) is 0 Å². The summed E-state index contributed by atoms with van der Waals surface area (Å²) >= 11 is 6.20. The number of nitrogens with one attached hydrogen (secondary N) is 1. The van der Waals surface area contributed by atoms with E-state index in [1.54, 1.807) is 20.3 Å². The maximum atomic E-state index is 6.20. The molecule has 5 heteroatoms. The molecule has 0 radical (unpaired) electrons. The Labute approximate surface area is 98.3 Å². The van der Waals surface area contributed by atoms with Crippen molar-refractivity contribution in [2.24, 2.45) is 5.73 Å². The van der Waals surface area contributed by atoms with Crippen LogP contribution >= 0.6 is 11.6 Å². The summed E-state index contributed by atoms with van der Waals surface area (Å²) < 4.78 is 10.5. The summed E-state index contributed by atoms with van der Waals surface area (Å²) in [7, 11) is 3.17. The molecule has 0 saturated heterocycles. The lowest BCUT2D eigenvalue weighted by atomic mass is 10.2. The standard InChI is InChI=1S/C11H13ClN2O2/c1-15-8-4-9(16-2)11-7(10(8)12)3-6(5-13)14-11/h3-4,14H,5,13H2,1-2H3. The second-order valence-electron chi connectivity index (χ2n) is 3.38. The predicted octanol–water partition coefficient (Wildman–Crippen LogP) is 2.30. The van der Waals surface area contributed by atoms with Crippen LogP contribution in [0.3, 0.4) is 0 Å². The summed E-state index contributed by atoms with van der Waals surface area (Å²) in [6.45, 7) is 0.427. The minimum absolute atomic E-state index is 0.427. The van der Waals surface area contributed by atoms with Gasteiger partial charge < -0.3 is 20.2 Å². The van der Waals surface area contributed by atoms with Crippen LogP contribution in [0.4, 0.5) is 0 Å². The molecule has 0 spiro atoms. The lowest BCUT2D eigenvalue weighted by molar-refractivity contribution is 0.397. The Morgan fingerprint density at radius 3 is 2.50 bits per heavy atom. The molecule has 86 valence electrons. The quantitative estimate of drug-likeness (QED) is 0.866. The van der Waals surface area contributed by atoms with Crippen molar-refractivity contribution in [1.82, 2.24) is 4.98 Å². The second kappa shape index (κ2) is 4.23. The average Bonchev–Trinajstić information content (AvgIpc) is 2.74. The number of benzene rings is 1. The van der Waals surface area contributed by atoms with Crippen LogP contribution in [0.25, 0.3) is 10.9 Å². The third-order valence-corrected chi connectivity index (χ3v) is 2.88. The Hall–Kier alpha value is -1.39. The van der Waals surface area contributed by atoms with Gasteiger partial charge in [-0.05, 0) is 6.07 Å². The van der Waals surface area contributed by atoms with Crippen molar-refractivity contribution in [3.63, 3.8) is 0 Å². The molecule has 0 atom stereocenters. The fraction of sp³-hybridized carbons (Fsp3) is 0.273. The van der Waals surface area contributed by atoms with Gasteiger partial charge in [0, 0.05) is 23.7 Å². The Morgan fingerprint density at radius 2 is 1.94 bits per heavy atom. The van der Waals surface area contributed by atoms with Crippen LogP contribution < -0.4 is 15.2 Å². The predicted molar refractivity (Wildman–Crippen MR) is 64.3 cm³/mol. The first-order valence-electron chi connectivity index (χ1n) is 4.83. The largest absolute Gasteiger partial charge is 0.495 e. The first kappa shape index (κ1) is 11.1. The summed E-state index contributed by atoms with van der Waals surface area (Å²) in [5.74, 6) is 1.28. The van der Waals surface area contributed by atoms with Gasteiger partial charge in [0.05, 0.1) is 24.8 Å². The van der Waals surface area contributed by atoms with Gasteiger partial charge in [-0.15, -0.1) is 0 Å². The van der Waals surface area contributed by atoms with Crippen LogP contribution in [0.5, 0.6) is 11.5 Å². The number of methoxy groups -OCH3 is 2. The molecule has 2 aromatic rings. The number of hydrogen-bond donors (Lipinski definition) is 2. The van der Waals surface area contributed by atoms with E-state index in [9.17, 15) is 0 Å². The highest BCUT2D eigenvalue weighted by Crippen LogP contribution is 2.39. The summed E-state index contributed by atoms with van der Waals surface area (Å²) in [5.41, 5.74) is 7.33. The van der Waals surface area contributed by atoms with Crippen LogP contribution in [-0.4, -0.2) is 19.2 Å². The van der Waals surface area contributed by atoms with Crippen LogP contribution in [0.2, 0.25) is 5.02 Å². The first-order chi connectivity index (χ1) is 7.71. The highest BCUT2D eigenvalue weighted by Gasteiger charge is 2.14. The van der Waals surface area contributed by atoms with Crippen LogP contribution in [0.1, 0.15) is 5.69 Å². The molecule has 0 aliphatic rings. The highest BCUT2D eigenvalue weighted by molar-refractivity contribution is 6.37. The number of aromatic amines is 1. The van der Waals surface area contributed by atoms with E-state index in [0.717, 1.165) is 16.6 Å². The van der Waals surface area contributed by atoms with E-state index in [4.69, 9.17) is 26.8 Å². The summed E-state index contributed by atoms with van der Waals surface area (Å²) in [4.78, 5) is 3.17. The molecule has 0 amide bonds. The van der Waals surface area contributed by atoms with Crippen molar-refractivity contribution in [3.05, 3.63) is 22.8 Å². The number of halogens is 1. The molecule has 0 unspecified atom stereocenters. The van der Waals surface area contributed by atoms with E-state index in [1.807, 2.05) is 6.07 Å². The minimum atomic E-state index is 0.427. The molecule has 4 nitrogen and oxygen atoms in total. The lowest BCUT2D eigenvalue weighted by Gasteiger charge is -2.07. The topological polar surface area (TPSA) is 60.3 Å². The Balaban J connectivity index is 2.77. The fourth-order valence-corrected chi connectivity index (χ4v) is 1.97. The number of nitrogens with two attached hydrogens (primary N) is 1. The molecule has 0 bridgehead atoms. The third-order valence-electron chi connectivity index (χ3n) is 2.49. The van der Waals surface area contributed by atoms with E-state index in [2.05, 4.69) is 4.98 Å². The smallest absolute Gasteiger partial charge is 0.146 e. The zero-order chi connectivity index (χ0) is 11.7. The monoisotopic (exact) mass is 240 g/mol. The molecule has 0 aliphatic heterocycles. The van der Waals surface area contributed by atoms with E-state index >= 15 is 0 Å². The number of fused-ring (bicyclic) bond motifs is 1. The summed E-state index contributed by atoms with van der Waals surface area (Å²) in [5, 5.41) is 1.42. The fourth-order valence-electron chi connectivity index (χ4n) is 1.68. The highest BCUT2D eigenvalue weighted by atomic mass is 35.5. The second-order valence-corrected chi connectivity index (χ2v) is 3.76. The SMILES string of the molecule is COc1cc(OC)c2[nH]c(CN)cc2c1Cl. The van der Waals surface area contributed by atoms with Crippen molar-refractivity contribution in [2.45, 2.75) is 6.54 Å². The Kier molecular flexibility index (Phi) is 2.94. The number of aromatic nitrogens is 1. The number of hydrogen-bond acceptors (Lipinski definition) is 3. The van der Waals surface area contributed by atoms with Crippen LogP contribution in [-0.2, 0) is 6.54 Å². The van der Waals surface area contributed by atoms with Gasteiger partial charge in [-0.1, -0.05) is 11.6 Å². The van der Waals surface area contributed by atoms with Gasteiger partial charge in [0.1, 0.15) is 11.5 Å². The van der Waals surface area contributed by atoms with Crippen molar-refractivity contribution < 1.29 is 9.47 Å². The molecule has 0 aliphatic carbocycles. The molecule has 16 heavy (non-hydrogen) atoms. The first-order valence-corrected chi connectivity index (χ1v) is 5.21. The van der Waals surface area contributed by atoms with Gasteiger partial charge in [-0.2, -0.15) is 0 Å². The van der Waals surface area contributed by atoms with E-state index < -0.39 is 0 Å². The molecule has 3 N–H and O–H groups in total. The minimum Gasteiger partial charge on any atom is -0.495 e. The zero-order valence-corrected chi connectivity index (χ0v) is 9.89. The average molecular weight is 241 g/mol. The van der Waals surface area contributed by atoms with Gasteiger partial charge >= 0.3 is 0 Å². The van der Waals surface area contributed by atoms with E-state index in [-0.39, 0.29) is 0 Å². The Morgan fingerprint density at radius 1 is 1.25 bits per heavy atom. The van der Waals surface area contributed by atoms with Crippen LogP contribution in [0.15, 0.2) is 12.1 Å². The van der Waals surface area contributed by atoms with E-state index in [0.29, 0.717) is 23.1 Å². The normalized spacial score (nSPS) is 10.8. The molecule has 0 fully saturated rings. The molecule has 2 rings (SSSR count). The van der Waals surface area contributed by atoms with E-state index in [1.165, 1.54) is 0 Å². The molecule has 1 aromatic carbocycles.